The van der Waals surface area contributed by atoms with Gasteiger partial charge in [0.25, 0.3) is 5.91 Å². The van der Waals surface area contributed by atoms with Crippen molar-refractivity contribution in [3.63, 3.8) is 0 Å². The van der Waals surface area contributed by atoms with Crippen LogP contribution in [0.3, 0.4) is 0 Å². The van der Waals surface area contributed by atoms with Crippen molar-refractivity contribution in [1.82, 2.24) is 20.0 Å². The minimum Gasteiger partial charge on any atom is -0.454 e. The summed E-state index contributed by atoms with van der Waals surface area (Å²) >= 11 is 1.25. The highest BCUT2D eigenvalue weighted by Crippen LogP contribution is 2.14. The number of rotatable bonds is 4. The molecule has 0 aliphatic carbocycles. The molecule has 0 unspecified atom stereocenters. The summed E-state index contributed by atoms with van der Waals surface area (Å²) in [5.74, 6) is 0.566. The van der Waals surface area contributed by atoms with Gasteiger partial charge in [0, 0.05) is 5.69 Å². The first-order chi connectivity index (χ1) is 10.1. The third-order valence-electron chi connectivity index (χ3n) is 2.87. The van der Waals surface area contributed by atoms with E-state index >= 15 is 0 Å². The Morgan fingerprint density at radius 3 is 2.95 bits per heavy atom. The second-order valence-corrected chi connectivity index (χ2v) is 5.38. The molecule has 0 saturated heterocycles. The molecule has 108 valence electrons. The number of hydrogen-bond acceptors (Lipinski definition) is 6. The largest absolute Gasteiger partial charge is 0.454 e. The summed E-state index contributed by atoms with van der Waals surface area (Å²) in [7, 11) is 0. The van der Waals surface area contributed by atoms with Gasteiger partial charge in [0.1, 0.15) is 11.3 Å². The fraction of sp³-hybridized carbons (Fsp3) is 0.231. The molecule has 0 fully saturated rings. The highest BCUT2D eigenvalue weighted by molar-refractivity contribution is 7.13. The van der Waals surface area contributed by atoms with Crippen molar-refractivity contribution in [2.75, 3.05) is 5.32 Å². The van der Waals surface area contributed by atoms with Gasteiger partial charge in [-0.25, -0.2) is 0 Å². The third-order valence-corrected chi connectivity index (χ3v) is 3.48. The first-order valence-corrected chi connectivity index (χ1v) is 7.17. The Balaban J connectivity index is 1.71. The Morgan fingerprint density at radius 2 is 2.29 bits per heavy atom. The van der Waals surface area contributed by atoms with Gasteiger partial charge in [-0.3, -0.25) is 14.8 Å². The van der Waals surface area contributed by atoms with Crippen LogP contribution in [0.25, 0.3) is 0 Å². The fourth-order valence-corrected chi connectivity index (χ4v) is 2.39. The Labute approximate surface area is 124 Å². The molecule has 0 saturated carbocycles. The van der Waals surface area contributed by atoms with Gasteiger partial charge in [-0.05, 0) is 32.0 Å². The van der Waals surface area contributed by atoms with Crippen molar-refractivity contribution in [1.29, 1.82) is 0 Å². The highest BCUT2D eigenvalue weighted by atomic mass is 32.1. The molecule has 0 spiro atoms. The minimum absolute atomic E-state index is 0.238. The average Bonchev–Trinajstić information content (AvgIpc) is 3.13. The summed E-state index contributed by atoms with van der Waals surface area (Å²) < 4.78 is 7.38. The standard InChI is InChI=1S/C13H13N5O2S/c1-8-5-9(2)18(17-8)6-10-3-4-11(20-10)12(19)15-13-16-14-7-21-13/h3-5,7H,6H2,1-2H3,(H,15,16,19). The first-order valence-electron chi connectivity index (χ1n) is 6.29. The number of aromatic nitrogens is 4. The van der Waals surface area contributed by atoms with Crippen molar-refractivity contribution >= 4 is 22.4 Å². The van der Waals surface area contributed by atoms with Crippen molar-refractivity contribution in [2.24, 2.45) is 0 Å². The van der Waals surface area contributed by atoms with Gasteiger partial charge in [-0.1, -0.05) is 11.3 Å². The zero-order valence-electron chi connectivity index (χ0n) is 11.5. The molecule has 3 aromatic heterocycles. The number of hydrogen-bond donors (Lipinski definition) is 1. The van der Waals surface area contributed by atoms with E-state index in [1.54, 1.807) is 17.6 Å². The van der Waals surface area contributed by atoms with Crippen LogP contribution in [0.2, 0.25) is 0 Å². The van der Waals surface area contributed by atoms with Crippen molar-refractivity contribution < 1.29 is 9.21 Å². The molecule has 21 heavy (non-hydrogen) atoms. The molecule has 3 aromatic rings. The topological polar surface area (TPSA) is 85.8 Å². The Bertz CT molecular complexity index is 759. The molecular formula is C13H13N5O2S. The zero-order valence-corrected chi connectivity index (χ0v) is 12.3. The van der Waals surface area contributed by atoms with E-state index in [1.807, 2.05) is 24.6 Å². The van der Waals surface area contributed by atoms with E-state index in [1.165, 1.54) is 11.3 Å². The van der Waals surface area contributed by atoms with E-state index in [4.69, 9.17) is 4.42 Å². The molecule has 0 atom stereocenters. The van der Waals surface area contributed by atoms with Crippen molar-refractivity contribution in [3.8, 4) is 0 Å². The molecular weight excluding hydrogens is 290 g/mol. The van der Waals surface area contributed by atoms with Gasteiger partial charge in [0.2, 0.25) is 5.13 Å². The predicted molar refractivity (Wildman–Crippen MR) is 77.4 cm³/mol. The second kappa shape index (κ2) is 5.49. The molecule has 3 rings (SSSR count). The van der Waals surface area contributed by atoms with E-state index in [2.05, 4.69) is 20.6 Å². The van der Waals surface area contributed by atoms with Crippen molar-refractivity contribution in [3.05, 3.63) is 46.6 Å². The van der Waals surface area contributed by atoms with Gasteiger partial charge in [0.05, 0.1) is 12.2 Å². The summed E-state index contributed by atoms with van der Waals surface area (Å²) in [5.41, 5.74) is 3.54. The predicted octanol–water partition coefficient (Wildman–Crippen LogP) is 2.25. The Hall–Kier alpha value is -2.48. The number of anilines is 1. The fourth-order valence-electron chi connectivity index (χ4n) is 1.95. The van der Waals surface area contributed by atoms with Crippen LogP contribution in [0.1, 0.15) is 27.7 Å². The molecule has 0 aliphatic heterocycles. The van der Waals surface area contributed by atoms with Crippen LogP contribution in [0, 0.1) is 13.8 Å². The van der Waals surface area contributed by atoms with Crippen LogP contribution in [-0.4, -0.2) is 25.9 Å². The van der Waals surface area contributed by atoms with Crippen LogP contribution in [0.5, 0.6) is 0 Å². The van der Waals surface area contributed by atoms with Gasteiger partial charge in [0.15, 0.2) is 5.76 Å². The normalized spacial score (nSPS) is 10.8. The molecule has 0 aromatic carbocycles. The number of carbonyl (C=O) groups excluding carboxylic acids is 1. The van der Waals surface area contributed by atoms with Gasteiger partial charge < -0.3 is 4.42 Å². The average molecular weight is 303 g/mol. The Kier molecular flexibility index (Phi) is 3.53. The molecule has 0 radical (unpaired) electrons. The summed E-state index contributed by atoms with van der Waals surface area (Å²) in [6.45, 7) is 4.41. The number of amides is 1. The lowest BCUT2D eigenvalue weighted by molar-refractivity contribution is 0.0994. The molecule has 1 amide bonds. The highest BCUT2D eigenvalue weighted by Gasteiger charge is 2.13. The van der Waals surface area contributed by atoms with Gasteiger partial charge in [-0.2, -0.15) is 5.10 Å². The van der Waals surface area contributed by atoms with Crippen LogP contribution >= 0.6 is 11.3 Å². The van der Waals surface area contributed by atoms with E-state index in [9.17, 15) is 4.79 Å². The number of nitrogens with zero attached hydrogens (tertiary/aromatic N) is 4. The lowest BCUT2D eigenvalue weighted by atomic mass is 10.4. The molecule has 7 nitrogen and oxygen atoms in total. The van der Waals surface area contributed by atoms with Crippen LogP contribution < -0.4 is 5.32 Å². The van der Waals surface area contributed by atoms with E-state index in [0.717, 1.165) is 11.4 Å². The van der Waals surface area contributed by atoms with E-state index in [-0.39, 0.29) is 11.7 Å². The lowest BCUT2D eigenvalue weighted by Gasteiger charge is -2.01. The summed E-state index contributed by atoms with van der Waals surface area (Å²) in [6, 6.07) is 5.40. The van der Waals surface area contributed by atoms with Crippen LogP contribution in [0.4, 0.5) is 5.13 Å². The molecule has 8 heteroatoms. The second-order valence-electron chi connectivity index (χ2n) is 4.55. The zero-order chi connectivity index (χ0) is 14.8. The van der Waals surface area contributed by atoms with Crippen molar-refractivity contribution in [2.45, 2.75) is 20.4 Å². The number of aryl methyl sites for hydroxylation is 2. The summed E-state index contributed by atoms with van der Waals surface area (Å²) in [4.78, 5) is 12.0. The molecule has 3 heterocycles. The van der Waals surface area contributed by atoms with Gasteiger partial charge >= 0.3 is 0 Å². The summed E-state index contributed by atoms with van der Waals surface area (Å²) in [6.07, 6.45) is 0. The smallest absolute Gasteiger partial charge is 0.293 e. The maximum atomic E-state index is 12.0. The lowest BCUT2D eigenvalue weighted by Crippen LogP contribution is -2.10. The van der Waals surface area contributed by atoms with Gasteiger partial charge in [-0.15, -0.1) is 10.2 Å². The monoisotopic (exact) mass is 303 g/mol. The van der Waals surface area contributed by atoms with Crippen LogP contribution in [0.15, 0.2) is 28.1 Å². The molecule has 0 bridgehead atoms. The first kappa shape index (κ1) is 13.5. The molecule has 0 aliphatic rings. The number of furan rings is 1. The van der Waals surface area contributed by atoms with Crippen LogP contribution in [-0.2, 0) is 6.54 Å². The summed E-state index contributed by atoms with van der Waals surface area (Å²) in [5, 5.41) is 14.8. The number of carbonyl (C=O) groups is 1. The maximum Gasteiger partial charge on any atom is 0.293 e. The quantitative estimate of drug-likeness (QED) is 0.799. The maximum absolute atomic E-state index is 12.0. The minimum atomic E-state index is -0.341. The third kappa shape index (κ3) is 3.00. The SMILES string of the molecule is Cc1cc(C)n(Cc2ccc(C(=O)Nc3nncs3)o2)n1. The van der Waals surface area contributed by atoms with E-state index in [0.29, 0.717) is 17.4 Å². The number of nitrogens with one attached hydrogen (secondary N) is 1. The Morgan fingerprint density at radius 1 is 1.43 bits per heavy atom. The van der Waals surface area contributed by atoms with E-state index < -0.39 is 0 Å². The molecule has 1 N–H and O–H groups in total.